The second-order valence-corrected chi connectivity index (χ2v) is 4.82. The molecule has 0 aromatic heterocycles. The van der Waals surface area contributed by atoms with Crippen molar-refractivity contribution in [2.24, 2.45) is 17.8 Å². The number of hydrogen-bond acceptors (Lipinski definition) is 0. The molecule has 0 spiro atoms. The van der Waals surface area contributed by atoms with Gasteiger partial charge in [-0.2, -0.15) is 0 Å². The molecule has 1 aliphatic rings. The van der Waals surface area contributed by atoms with Crippen molar-refractivity contribution in [3.8, 4) is 0 Å². The van der Waals surface area contributed by atoms with Gasteiger partial charge < -0.3 is 0 Å². The lowest BCUT2D eigenvalue weighted by molar-refractivity contribution is 0.203. The van der Waals surface area contributed by atoms with Crippen LogP contribution in [0.4, 0.5) is 0 Å². The Hall–Kier alpha value is -0.260. The maximum absolute atomic E-state index is 4.00. The number of rotatable bonds is 2. The van der Waals surface area contributed by atoms with E-state index in [-0.39, 0.29) is 0 Å². The maximum Gasteiger partial charge on any atom is -0.0295 e. The van der Waals surface area contributed by atoms with Gasteiger partial charge in [-0.05, 0) is 43.9 Å². The maximum atomic E-state index is 4.00. The standard InChI is InChI=1S/C12H22/c1-9(2)7-12-6-5-10(3)8-11(12)4/h10-12H,1,5-8H2,2-4H3. The highest BCUT2D eigenvalue weighted by Crippen LogP contribution is 2.36. The molecule has 0 aliphatic heterocycles. The Balaban J connectivity index is 2.39. The first kappa shape index (κ1) is 9.83. The minimum Gasteiger partial charge on any atom is -0.100 e. The minimum absolute atomic E-state index is 0.922. The van der Waals surface area contributed by atoms with Crippen molar-refractivity contribution >= 4 is 0 Å². The molecule has 1 saturated carbocycles. The number of hydrogen-bond donors (Lipinski definition) is 0. The van der Waals surface area contributed by atoms with Gasteiger partial charge in [0.15, 0.2) is 0 Å². The Morgan fingerprint density at radius 3 is 2.50 bits per heavy atom. The first-order valence-corrected chi connectivity index (χ1v) is 5.24. The second-order valence-electron chi connectivity index (χ2n) is 4.82. The van der Waals surface area contributed by atoms with Crippen molar-refractivity contribution in [3.05, 3.63) is 12.2 Å². The zero-order valence-electron chi connectivity index (χ0n) is 8.77. The van der Waals surface area contributed by atoms with Gasteiger partial charge in [0.05, 0.1) is 0 Å². The van der Waals surface area contributed by atoms with E-state index >= 15 is 0 Å². The third-order valence-corrected chi connectivity index (χ3v) is 3.22. The van der Waals surface area contributed by atoms with Crippen molar-refractivity contribution in [1.82, 2.24) is 0 Å². The normalized spacial score (nSPS) is 36.4. The molecule has 0 heterocycles. The summed E-state index contributed by atoms with van der Waals surface area (Å²) in [6.45, 7) is 10.9. The van der Waals surface area contributed by atoms with Crippen LogP contribution in [0.2, 0.25) is 0 Å². The van der Waals surface area contributed by atoms with Crippen LogP contribution in [0.3, 0.4) is 0 Å². The van der Waals surface area contributed by atoms with E-state index in [4.69, 9.17) is 0 Å². The zero-order valence-corrected chi connectivity index (χ0v) is 8.77. The van der Waals surface area contributed by atoms with Gasteiger partial charge in [0.1, 0.15) is 0 Å². The van der Waals surface area contributed by atoms with Gasteiger partial charge in [0.2, 0.25) is 0 Å². The average molecular weight is 166 g/mol. The summed E-state index contributed by atoms with van der Waals surface area (Å²) in [6.07, 6.45) is 5.54. The van der Waals surface area contributed by atoms with E-state index in [9.17, 15) is 0 Å². The highest BCUT2D eigenvalue weighted by molar-refractivity contribution is 4.92. The minimum atomic E-state index is 0.922. The Morgan fingerprint density at radius 1 is 1.33 bits per heavy atom. The van der Waals surface area contributed by atoms with Crippen LogP contribution in [0.25, 0.3) is 0 Å². The second kappa shape index (κ2) is 4.11. The summed E-state index contributed by atoms with van der Waals surface area (Å²) in [5.74, 6) is 2.81. The average Bonchev–Trinajstić information content (AvgIpc) is 1.94. The molecule has 12 heavy (non-hydrogen) atoms. The smallest absolute Gasteiger partial charge is 0.0295 e. The third kappa shape index (κ3) is 2.66. The van der Waals surface area contributed by atoms with Gasteiger partial charge in [-0.1, -0.05) is 25.8 Å². The van der Waals surface area contributed by atoms with E-state index in [2.05, 4.69) is 27.4 Å². The van der Waals surface area contributed by atoms with Crippen LogP contribution in [0.1, 0.15) is 46.5 Å². The highest BCUT2D eigenvalue weighted by Gasteiger charge is 2.24. The lowest BCUT2D eigenvalue weighted by Crippen LogP contribution is -2.21. The van der Waals surface area contributed by atoms with Gasteiger partial charge >= 0.3 is 0 Å². The predicted molar refractivity (Wildman–Crippen MR) is 55.1 cm³/mol. The molecule has 0 nitrogen and oxygen atoms in total. The molecule has 70 valence electrons. The summed E-state index contributed by atoms with van der Waals surface area (Å²) in [4.78, 5) is 0. The zero-order chi connectivity index (χ0) is 9.14. The Morgan fingerprint density at radius 2 is 2.00 bits per heavy atom. The Bertz CT molecular complexity index is 157. The molecule has 3 unspecified atom stereocenters. The van der Waals surface area contributed by atoms with Crippen LogP contribution < -0.4 is 0 Å². The molecule has 1 rings (SSSR count). The van der Waals surface area contributed by atoms with E-state index in [1.54, 1.807) is 0 Å². The van der Waals surface area contributed by atoms with Crippen LogP contribution in [0.15, 0.2) is 12.2 Å². The van der Waals surface area contributed by atoms with Crippen LogP contribution >= 0.6 is 0 Å². The predicted octanol–water partition coefficient (Wildman–Crippen LogP) is 4.02. The summed E-state index contributed by atoms with van der Waals surface area (Å²) in [6, 6.07) is 0. The fraction of sp³-hybridized carbons (Fsp3) is 0.833. The number of allylic oxidation sites excluding steroid dienone is 1. The topological polar surface area (TPSA) is 0 Å². The van der Waals surface area contributed by atoms with Crippen LogP contribution in [0.5, 0.6) is 0 Å². The molecule has 0 N–H and O–H groups in total. The highest BCUT2D eigenvalue weighted by atomic mass is 14.3. The van der Waals surface area contributed by atoms with Crippen LogP contribution in [-0.4, -0.2) is 0 Å². The molecule has 0 radical (unpaired) electrons. The molecule has 0 bridgehead atoms. The molecule has 0 saturated heterocycles. The fourth-order valence-corrected chi connectivity index (χ4v) is 2.48. The van der Waals surface area contributed by atoms with E-state index in [1.807, 2.05) is 0 Å². The van der Waals surface area contributed by atoms with Gasteiger partial charge in [-0.25, -0.2) is 0 Å². The molecular formula is C12H22. The van der Waals surface area contributed by atoms with Crippen molar-refractivity contribution in [1.29, 1.82) is 0 Å². The molecule has 0 heteroatoms. The van der Waals surface area contributed by atoms with E-state index in [0.29, 0.717) is 0 Å². The largest absolute Gasteiger partial charge is 0.100 e. The van der Waals surface area contributed by atoms with Crippen LogP contribution in [-0.2, 0) is 0 Å². The Labute approximate surface area is 77.1 Å². The van der Waals surface area contributed by atoms with E-state index < -0.39 is 0 Å². The SMILES string of the molecule is C=C(C)CC1CCC(C)CC1C. The molecule has 1 fully saturated rings. The summed E-state index contributed by atoms with van der Waals surface area (Å²) in [5, 5.41) is 0. The molecule has 0 amide bonds. The van der Waals surface area contributed by atoms with Crippen molar-refractivity contribution in [2.45, 2.75) is 46.5 Å². The van der Waals surface area contributed by atoms with Crippen molar-refractivity contribution < 1.29 is 0 Å². The first-order valence-electron chi connectivity index (χ1n) is 5.24. The lowest BCUT2D eigenvalue weighted by atomic mass is 9.73. The van der Waals surface area contributed by atoms with Gasteiger partial charge in [0.25, 0.3) is 0 Å². The third-order valence-electron chi connectivity index (χ3n) is 3.22. The summed E-state index contributed by atoms with van der Waals surface area (Å²) in [7, 11) is 0. The molecule has 3 atom stereocenters. The summed E-state index contributed by atoms with van der Waals surface area (Å²) in [5.41, 5.74) is 1.36. The molecule has 0 aromatic rings. The quantitative estimate of drug-likeness (QED) is 0.543. The fourth-order valence-electron chi connectivity index (χ4n) is 2.48. The van der Waals surface area contributed by atoms with Gasteiger partial charge in [-0.15, -0.1) is 6.58 Å². The first-order chi connectivity index (χ1) is 5.59. The van der Waals surface area contributed by atoms with Gasteiger partial charge in [0, 0.05) is 0 Å². The van der Waals surface area contributed by atoms with Crippen LogP contribution in [0, 0.1) is 17.8 Å². The van der Waals surface area contributed by atoms with E-state index in [1.165, 1.54) is 31.3 Å². The lowest BCUT2D eigenvalue weighted by Gasteiger charge is -2.32. The van der Waals surface area contributed by atoms with Crippen molar-refractivity contribution in [3.63, 3.8) is 0 Å². The molecule has 0 aromatic carbocycles. The van der Waals surface area contributed by atoms with Gasteiger partial charge in [-0.3, -0.25) is 0 Å². The molecular weight excluding hydrogens is 144 g/mol. The summed E-state index contributed by atoms with van der Waals surface area (Å²) < 4.78 is 0. The molecule has 1 aliphatic carbocycles. The Kier molecular flexibility index (Phi) is 3.37. The monoisotopic (exact) mass is 166 g/mol. The summed E-state index contributed by atoms with van der Waals surface area (Å²) >= 11 is 0. The van der Waals surface area contributed by atoms with Crippen molar-refractivity contribution in [2.75, 3.05) is 0 Å². The van der Waals surface area contributed by atoms with E-state index in [0.717, 1.165) is 17.8 Å².